The molecule has 0 amide bonds. The third-order valence-electron chi connectivity index (χ3n) is 2.19. The van der Waals surface area contributed by atoms with Crippen molar-refractivity contribution in [3.63, 3.8) is 0 Å². The van der Waals surface area contributed by atoms with Crippen molar-refractivity contribution in [3.8, 4) is 5.88 Å². The molecule has 7 heteroatoms. The second-order valence-corrected chi connectivity index (χ2v) is 3.34. The molecule has 0 saturated heterocycles. The largest absolute Gasteiger partial charge is 0.481 e. The minimum Gasteiger partial charge on any atom is -0.481 e. The molecule has 0 spiro atoms. The zero-order valence-corrected chi connectivity index (χ0v) is 9.53. The quantitative estimate of drug-likeness (QED) is 0.656. The van der Waals surface area contributed by atoms with Crippen LogP contribution in [0.25, 0.3) is 0 Å². The van der Waals surface area contributed by atoms with Gasteiger partial charge in [0.2, 0.25) is 11.7 Å². The van der Waals surface area contributed by atoms with Crippen molar-refractivity contribution in [2.45, 2.75) is 0 Å². The van der Waals surface area contributed by atoms with Gasteiger partial charge in [-0.05, 0) is 12.1 Å². The second kappa shape index (κ2) is 5.09. The minimum absolute atomic E-state index is 0.0895. The molecule has 0 unspecified atom stereocenters. The van der Waals surface area contributed by atoms with Crippen LogP contribution >= 0.6 is 0 Å². The van der Waals surface area contributed by atoms with E-state index in [1.165, 1.54) is 31.6 Å². The molecule has 0 fully saturated rings. The zero-order chi connectivity index (χ0) is 13.0. The number of nitrogens with zero attached hydrogens (tertiary/aromatic N) is 3. The first-order valence-corrected chi connectivity index (χ1v) is 5.07. The average Bonchev–Trinajstić information content (AvgIpc) is 2.40. The van der Waals surface area contributed by atoms with Gasteiger partial charge in [-0.25, -0.2) is 9.97 Å². The molecule has 0 aliphatic rings. The lowest BCUT2D eigenvalue weighted by molar-refractivity contribution is -0.384. The van der Waals surface area contributed by atoms with Gasteiger partial charge in [-0.3, -0.25) is 10.1 Å². The van der Waals surface area contributed by atoms with Crippen LogP contribution < -0.4 is 10.1 Å². The van der Waals surface area contributed by atoms with Crippen LogP contribution in [0.1, 0.15) is 0 Å². The number of anilines is 2. The molecule has 18 heavy (non-hydrogen) atoms. The summed E-state index contributed by atoms with van der Waals surface area (Å²) < 4.78 is 4.92. The summed E-state index contributed by atoms with van der Waals surface area (Å²) >= 11 is 0. The van der Waals surface area contributed by atoms with Gasteiger partial charge in [0.05, 0.1) is 23.9 Å². The van der Waals surface area contributed by atoms with Crippen LogP contribution in [0.2, 0.25) is 0 Å². The number of hydrogen-bond acceptors (Lipinski definition) is 6. The summed E-state index contributed by atoms with van der Waals surface area (Å²) in [5, 5.41) is 13.6. The van der Waals surface area contributed by atoms with Crippen molar-refractivity contribution >= 4 is 17.2 Å². The minimum atomic E-state index is -0.494. The molecular weight excluding hydrogens is 236 g/mol. The van der Waals surface area contributed by atoms with Gasteiger partial charge in [0.15, 0.2) is 0 Å². The molecule has 92 valence electrons. The maximum absolute atomic E-state index is 10.8. The van der Waals surface area contributed by atoms with Crippen molar-refractivity contribution in [2.24, 2.45) is 0 Å². The molecule has 0 bridgehead atoms. The summed E-state index contributed by atoms with van der Waals surface area (Å²) in [5.41, 5.74) is 0.505. The van der Waals surface area contributed by atoms with E-state index in [1.807, 2.05) is 0 Å². The van der Waals surface area contributed by atoms with E-state index in [4.69, 9.17) is 4.74 Å². The van der Waals surface area contributed by atoms with Crippen LogP contribution in [-0.4, -0.2) is 22.0 Å². The van der Waals surface area contributed by atoms with Crippen LogP contribution in [-0.2, 0) is 0 Å². The fraction of sp³-hybridized carbons (Fsp3) is 0.0909. The first kappa shape index (κ1) is 11.8. The Morgan fingerprint density at radius 1 is 1.33 bits per heavy atom. The summed E-state index contributed by atoms with van der Waals surface area (Å²) in [6.45, 7) is 0. The van der Waals surface area contributed by atoms with E-state index in [-0.39, 0.29) is 11.5 Å². The van der Waals surface area contributed by atoms with Crippen LogP contribution in [0, 0.1) is 10.1 Å². The Balaban J connectivity index is 2.25. The molecule has 0 aromatic carbocycles. The lowest BCUT2D eigenvalue weighted by atomic mass is 10.3. The highest BCUT2D eigenvalue weighted by Gasteiger charge is 2.13. The first-order chi connectivity index (χ1) is 8.70. The fourth-order valence-corrected chi connectivity index (χ4v) is 1.35. The monoisotopic (exact) mass is 246 g/mol. The third-order valence-corrected chi connectivity index (χ3v) is 2.19. The van der Waals surface area contributed by atoms with Gasteiger partial charge in [0.1, 0.15) is 0 Å². The average molecular weight is 246 g/mol. The molecule has 0 aliphatic heterocycles. The summed E-state index contributed by atoms with van der Waals surface area (Å²) in [6.07, 6.45) is 2.99. The van der Waals surface area contributed by atoms with Crippen molar-refractivity contribution in [3.05, 3.63) is 46.8 Å². The van der Waals surface area contributed by atoms with Gasteiger partial charge in [-0.15, -0.1) is 0 Å². The van der Waals surface area contributed by atoms with Crippen molar-refractivity contribution in [1.82, 2.24) is 9.97 Å². The van der Waals surface area contributed by atoms with Crippen molar-refractivity contribution < 1.29 is 9.66 Å². The number of pyridine rings is 2. The molecule has 2 aromatic heterocycles. The molecule has 2 rings (SSSR count). The maximum atomic E-state index is 10.8. The lowest BCUT2D eigenvalue weighted by Crippen LogP contribution is -1.99. The Kier molecular flexibility index (Phi) is 3.33. The molecule has 0 saturated carbocycles. The molecule has 0 radical (unpaired) electrons. The summed E-state index contributed by atoms with van der Waals surface area (Å²) in [5.74, 6) is 0.644. The molecule has 1 N–H and O–H groups in total. The number of rotatable bonds is 4. The Morgan fingerprint density at radius 2 is 2.17 bits per heavy atom. The molecule has 2 aromatic rings. The third kappa shape index (κ3) is 2.51. The van der Waals surface area contributed by atoms with Gasteiger partial charge in [-0.2, -0.15) is 0 Å². The van der Waals surface area contributed by atoms with Gasteiger partial charge < -0.3 is 10.1 Å². The van der Waals surface area contributed by atoms with Crippen LogP contribution in [0.15, 0.2) is 36.7 Å². The number of ether oxygens (including phenoxy) is 1. The second-order valence-electron chi connectivity index (χ2n) is 3.34. The molecular formula is C11H10N4O3. The number of hydrogen-bond donors (Lipinski definition) is 1. The smallest absolute Gasteiger partial charge is 0.311 e. The van der Waals surface area contributed by atoms with Crippen LogP contribution in [0.3, 0.4) is 0 Å². The highest BCUT2D eigenvalue weighted by Crippen LogP contribution is 2.24. The molecule has 2 heterocycles. The molecule has 0 atom stereocenters. The van der Waals surface area contributed by atoms with E-state index in [0.717, 1.165) is 0 Å². The van der Waals surface area contributed by atoms with Gasteiger partial charge >= 0.3 is 5.69 Å². The van der Waals surface area contributed by atoms with Crippen LogP contribution in [0.4, 0.5) is 17.2 Å². The van der Waals surface area contributed by atoms with Gasteiger partial charge in [0.25, 0.3) is 0 Å². The normalized spacial score (nSPS) is 9.83. The first-order valence-electron chi connectivity index (χ1n) is 5.07. The van der Waals surface area contributed by atoms with E-state index in [2.05, 4.69) is 15.3 Å². The van der Waals surface area contributed by atoms with E-state index >= 15 is 0 Å². The van der Waals surface area contributed by atoms with Crippen molar-refractivity contribution in [1.29, 1.82) is 0 Å². The Hall–Kier alpha value is -2.70. The molecule has 7 nitrogen and oxygen atoms in total. The van der Waals surface area contributed by atoms with E-state index in [9.17, 15) is 10.1 Å². The summed E-state index contributed by atoms with van der Waals surface area (Å²) in [4.78, 5) is 18.2. The Morgan fingerprint density at radius 3 is 2.78 bits per heavy atom. The van der Waals surface area contributed by atoms with Crippen molar-refractivity contribution in [2.75, 3.05) is 12.4 Å². The topological polar surface area (TPSA) is 90.2 Å². The van der Waals surface area contributed by atoms with E-state index in [0.29, 0.717) is 11.6 Å². The number of nitrogens with one attached hydrogen (secondary N) is 1. The predicted octanol–water partition coefficient (Wildman–Crippen LogP) is 2.14. The van der Waals surface area contributed by atoms with E-state index < -0.39 is 4.92 Å². The number of methoxy groups -OCH3 is 1. The van der Waals surface area contributed by atoms with Gasteiger partial charge in [0, 0.05) is 18.3 Å². The highest BCUT2D eigenvalue weighted by molar-refractivity contribution is 5.64. The standard InChI is InChI=1S/C11H10N4O3/c1-18-10-5-4-8(7-13-10)14-11-9(15(16)17)3-2-6-12-11/h2-7H,1H3,(H,12,14). The summed E-state index contributed by atoms with van der Waals surface area (Å²) in [7, 11) is 1.51. The Bertz CT molecular complexity index is 556. The zero-order valence-electron chi connectivity index (χ0n) is 9.53. The summed E-state index contributed by atoms with van der Waals surface area (Å²) in [6, 6.07) is 6.24. The van der Waals surface area contributed by atoms with E-state index in [1.54, 1.807) is 12.1 Å². The molecule has 0 aliphatic carbocycles. The van der Waals surface area contributed by atoms with Gasteiger partial charge in [-0.1, -0.05) is 0 Å². The van der Waals surface area contributed by atoms with Crippen LogP contribution in [0.5, 0.6) is 5.88 Å². The highest BCUT2D eigenvalue weighted by atomic mass is 16.6. The maximum Gasteiger partial charge on any atom is 0.311 e. The SMILES string of the molecule is COc1ccc(Nc2ncccc2[N+](=O)[O-])cn1. The Labute approximate surface area is 103 Å². The number of aromatic nitrogens is 2. The fourth-order valence-electron chi connectivity index (χ4n) is 1.35. The lowest BCUT2D eigenvalue weighted by Gasteiger charge is -2.05. The number of nitro groups is 1. The predicted molar refractivity (Wildman–Crippen MR) is 65.0 cm³/mol.